The van der Waals surface area contributed by atoms with Crippen LogP contribution in [0.1, 0.15) is 26.3 Å². The van der Waals surface area contributed by atoms with Gasteiger partial charge >= 0.3 is 0 Å². The molecule has 0 aliphatic heterocycles. The molecular formula is C20H21N3. The van der Waals surface area contributed by atoms with Gasteiger partial charge < -0.3 is 5.41 Å². The summed E-state index contributed by atoms with van der Waals surface area (Å²) in [4.78, 5) is 9.19. The van der Waals surface area contributed by atoms with E-state index in [0.29, 0.717) is 0 Å². The molecule has 23 heavy (non-hydrogen) atoms. The first-order valence-electron chi connectivity index (χ1n) is 7.63. The predicted octanol–water partition coefficient (Wildman–Crippen LogP) is 3.35. The molecule has 116 valence electrons. The molecule has 2 rings (SSSR count). The highest BCUT2D eigenvalue weighted by Crippen LogP contribution is 2.18. The van der Waals surface area contributed by atoms with Crippen LogP contribution in [0.15, 0.2) is 48.7 Å². The van der Waals surface area contributed by atoms with Crippen LogP contribution in [0, 0.1) is 5.41 Å². The van der Waals surface area contributed by atoms with E-state index in [1.54, 1.807) is 6.20 Å². The number of benzene rings is 1. The predicted molar refractivity (Wildman–Crippen MR) is 98.6 cm³/mol. The van der Waals surface area contributed by atoms with Gasteiger partial charge in [0.2, 0.25) is 0 Å². The summed E-state index contributed by atoms with van der Waals surface area (Å²) in [6.45, 7) is 5.87. The topological polar surface area (TPSA) is 49.6 Å². The van der Waals surface area contributed by atoms with E-state index in [-0.39, 0.29) is 0 Å². The maximum absolute atomic E-state index is 7.42. The molecule has 0 unspecified atom stereocenters. The monoisotopic (exact) mass is 303 g/mol. The van der Waals surface area contributed by atoms with Gasteiger partial charge in [-0.3, -0.25) is 4.98 Å². The first-order chi connectivity index (χ1) is 11.2. The molecule has 0 aliphatic carbocycles. The van der Waals surface area contributed by atoms with Crippen molar-refractivity contribution in [1.29, 1.82) is 5.41 Å². The van der Waals surface area contributed by atoms with Crippen LogP contribution in [0.25, 0.3) is 29.0 Å². The summed E-state index contributed by atoms with van der Waals surface area (Å²) in [6, 6.07) is 8.04. The Kier molecular flexibility index (Phi) is 5.75. The first kappa shape index (κ1) is 16.6. The molecule has 0 aliphatic rings. The minimum atomic E-state index is 0.842. The Bertz CT molecular complexity index is 857. The second-order valence-electron chi connectivity index (χ2n) is 4.97. The number of hydrogen-bond donors (Lipinski definition) is 1. The number of rotatable bonds is 4. The normalized spacial score (nSPS) is 13.8. The molecule has 1 heterocycles. The minimum Gasteiger partial charge on any atom is -0.308 e. The maximum Gasteiger partial charge on any atom is 0.0893 e. The molecule has 1 aromatic heterocycles. The van der Waals surface area contributed by atoms with Crippen LogP contribution in [0.2, 0.25) is 0 Å². The molecule has 1 aromatic carbocycles. The van der Waals surface area contributed by atoms with Gasteiger partial charge in [0.25, 0.3) is 0 Å². The summed E-state index contributed by atoms with van der Waals surface area (Å²) < 4.78 is 0. The van der Waals surface area contributed by atoms with Crippen LogP contribution < -0.4 is 10.7 Å². The van der Waals surface area contributed by atoms with Gasteiger partial charge in [-0.05, 0) is 38.0 Å². The SMILES string of the molecule is C\C=C/C=c1/nc(-c2ccc(/C(C=N)=C/C)cc2)cn/c1=C/C. The fourth-order valence-corrected chi connectivity index (χ4v) is 2.25. The Morgan fingerprint density at radius 3 is 2.35 bits per heavy atom. The van der Waals surface area contributed by atoms with Gasteiger partial charge in [0.1, 0.15) is 0 Å². The fraction of sp³-hybridized carbons (Fsp3) is 0.150. The smallest absolute Gasteiger partial charge is 0.0893 e. The van der Waals surface area contributed by atoms with Gasteiger partial charge in [-0.2, -0.15) is 0 Å². The first-order valence-corrected chi connectivity index (χ1v) is 7.63. The average molecular weight is 303 g/mol. The van der Waals surface area contributed by atoms with Crippen molar-refractivity contribution < 1.29 is 0 Å². The summed E-state index contributed by atoms with van der Waals surface area (Å²) in [7, 11) is 0. The highest BCUT2D eigenvalue weighted by Gasteiger charge is 2.02. The molecule has 3 nitrogen and oxygen atoms in total. The average Bonchev–Trinajstić information content (AvgIpc) is 2.61. The van der Waals surface area contributed by atoms with Crippen molar-refractivity contribution in [1.82, 2.24) is 9.97 Å². The molecule has 0 spiro atoms. The van der Waals surface area contributed by atoms with Gasteiger partial charge in [0.05, 0.1) is 22.6 Å². The third-order valence-electron chi connectivity index (χ3n) is 3.53. The van der Waals surface area contributed by atoms with Crippen LogP contribution in [0.5, 0.6) is 0 Å². The molecule has 1 N–H and O–H groups in total. The Labute approximate surface area is 137 Å². The lowest BCUT2D eigenvalue weighted by Gasteiger charge is -2.04. The van der Waals surface area contributed by atoms with Crippen LogP contribution in [-0.2, 0) is 0 Å². The standard InChI is InChI=1S/C20H21N3/c1-4-7-8-19-18(6-3)22-14-20(23-19)17-11-9-16(10-12-17)15(5-2)13-21/h4-14,21H,1-3H3/b7-4-,15-5+,18-6+,19-8+,21-13?. The lowest BCUT2D eigenvalue weighted by molar-refractivity contribution is 1.10. The quantitative estimate of drug-likeness (QED) is 0.881. The van der Waals surface area contributed by atoms with Crippen LogP contribution in [0.4, 0.5) is 0 Å². The minimum absolute atomic E-state index is 0.842. The summed E-state index contributed by atoms with van der Waals surface area (Å²) >= 11 is 0. The Morgan fingerprint density at radius 1 is 1.04 bits per heavy atom. The van der Waals surface area contributed by atoms with E-state index in [1.165, 1.54) is 6.21 Å². The Morgan fingerprint density at radius 2 is 1.78 bits per heavy atom. The molecular weight excluding hydrogens is 282 g/mol. The van der Waals surface area contributed by atoms with E-state index >= 15 is 0 Å². The Hall–Kier alpha value is -2.81. The zero-order valence-electron chi connectivity index (χ0n) is 13.7. The van der Waals surface area contributed by atoms with Crippen molar-refractivity contribution in [2.45, 2.75) is 20.8 Å². The fourth-order valence-electron chi connectivity index (χ4n) is 2.25. The van der Waals surface area contributed by atoms with Crippen molar-refractivity contribution in [3.8, 4) is 11.3 Å². The van der Waals surface area contributed by atoms with Gasteiger partial charge in [0.15, 0.2) is 0 Å². The molecule has 0 atom stereocenters. The van der Waals surface area contributed by atoms with Crippen LogP contribution in [-0.4, -0.2) is 16.2 Å². The van der Waals surface area contributed by atoms with E-state index in [4.69, 9.17) is 10.4 Å². The third kappa shape index (κ3) is 3.89. The summed E-state index contributed by atoms with van der Waals surface area (Å²) in [5.74, 6) is 0. The number of nitrogens with one attached hydrogen (secondary N) is 1. The van der Waals surface area contributed by atoms with Crippen molar-refractivity contribution >= 4 is 23.9 Å². The zero-order valence-corrected chi connectivity index (χ0v) is 13.7. The van der Waals surface area contributed by atoms with E-state index in [2.05, 4.69) is 4.98 Å². The molecule has 0 bridgehead atoms. The summed E-state index contributed by atoms with van der Waals surface area (Å²) in [5.41, 5.74) is 3.79. The van der Waals surface area contributed by atoms with Crippen molar-refractivity contribution in [3.05, 3.63) is 65.0 Å². The zero-order chi connectivity index (χ0) is 16.7. The molecule has 0 radical (unpaired) electrons. The molecule has 0 saturated carbocycles. The number of allylic oxidation sites excluding steroid dienone is 4. The lowest BCUT2D eigenvalue weighted by atomic mass is 10.0. The Balaban J connectivity index is 2.49. The van der Waals surface area contributed by atoms with Gasteiger partial charge in [-0.1, -0.05) is 48.6 Å². The van der Waals surface area contributed by atoms with Gasteiger partial charge in [0, 0.05) is 11.8 Å². The number of hydrogen-bond acceptors (Lipinski definition) is 3. The van der Waals surface area contributed by atoms with E-state index in [1.807, 2.05) is 75.4 Å². The third-order valence-corrected chi connectivity index (χ3v) is 3.53. The summed E-state index contributed by atoms with van der Waals surface area (Å²) in [5, 5.41) is 9.16. The number of nitrogens with zero attached hydrogens (tertiary/aromatic N) is 2. The van der Waals surface area contributed by atoms with Gasteiger partial charge in [-0.25, -0.2) is 4.98 Å². The highest BCUT2D eigenvalue weighted by molar-refractivity contribution is 6.08. The number of aromatic nitrogens is 2. The molecule has 0 fully saturated rings. The molecule has 2 aromatic rings. The van der Waals surface area contributed by atoms with Gasteiger partial charge in [-0.15, -0.1) is 0 Å². The van der Waals surface area contributed by atoms with E-state index in [9.17, 15) is 0 Å². The molecule has 0 amide bonds. The van der Waals surface area contributed by atoms with Crippen LogP contribution in [0.3, 0.4) is 0 Å². The van der Waals surface area contributed by atoms with Crippen molar-refractivity contribution in [2.75, 3.05) is 0 Å². The summed E-state index contributed by atoms with van der Waals surface area (Å²) in [6.07, 6.45) is 12.9. The van der Waals surface area contributed by atoms with Crippen LogP contribution >= 0.6 is 0 Å². The molecule has 0 saturated heterocycles. The molecule has 3 heteroatoms. The van der Waals surface area contributed by atoms with Crippen molar-refractivity contribution in [3.63, 3.8) is 0 Å². The largest absolute Gasteiger partial charge is 0.308 e. The van der Waals surface area contributed by atoms with E-state index in [0.717, 1.165) is 33.1 Å². The second kappa shape index (κ2) is 7.99. The maximum atomic E-state index is 7.42. The van der Waals surface area contributed by atoms with Crippen molar-refractivity contribution in [2.24, 2.45) is 0 Å². The second-order valence-corrected chi connectivity index (χ2v) is 4.97. The van der Waals surface area contributed by atoms with E-state index < -0.39 is 0 Å². The highest BCUT2D eigenvalue weighted by atomic mass is 14.8. The lowest BCUT2D eigenvalue weighted by Crippen LogP contribution is -2.31.